The molecule has 0 saturated carbocycles. The van der Waals surface area contributed by atoms with Crippen molar-refractivity contribution >= 4 is 33.2 Å². The van der Waals surface area contributed by atoms with Crippen molar-refractivity contribution < 1.29 is 13.2 Å². The van der Waals surface area contributed by atoms with Crippen molar-refractivity contribution in [3.05, 3.63) is 46.3 Å². The Balaban J connectivity index is 1.78. The van der Waals surface area contributed by atoms with Crippen LogP contribution in [-0.2, 0) is 10.0 Å². The molecule has 1 fully saturated rings. The Morgan fingerprint density at radius 2 is 2.04 bits per heavy atom. The first-order valence-corrected chi connectivity index (χ1v) is 9.44. The van der Waals surface area contributed by atoms with Crippen molar-refractivity contribution in [3.8, 4) is 11.9 Å². The predicted octanol–water partition coefficient (Wildman–Crippen LogP) is 2.50. The molecule has 1 aliphatic rings. The molecule has 0 aliphatic carbocycles. The molecule has 0 amide bonds. The van der Waals surface area contributed by atoms with E-state index in [2.05, 4.69) is 9.97 Å². The lowest BCUT2D eigenvalue weighted by molar-refractivity contribution is 0.205. The van der Waals surface area contributed by atoms with Crippen LogP contribution in [0.3, 0.4) is 0 Å². The fraction of sp³-hybridized carbons (Fsp3) is 0.267. The zero-order valence-electron chi connectivity index (χ0n) is 12.8. The van der Waals surface area contributed by atoms with Crippen LogP contribution in [0.5, 0.6) is 5.88 Å². The van der Waals surface area contributed by atoms with Gasteiger partial charge in [-0.25, -0.2) is 18.4 Å². The second-order valence-corrected chi connectivity index (χ2v) is 8.04. The minimum absolute atomic E-state index is 0.0421. The highest BCUT2D eigenvalue weighted by Crippen LogP contribution is 2.30. The number of rotatable bonds is 4. The van der Waals surface area contributed by atoms with Crippen molar-refractivity contribution in [1.82, 2.24) is 14.3 Å². The van der Waals surface area contributed by atoms with Gasteiger partial charge in [-0.2, -0.15) is 9.57 Å². The number of hydrogen-bond acceptors (Lipinski definition) is 6. The molecule has 1 atom stereocenters. The minimum atomic E-state index is -3.80. The maximum absolute atomic E-state index is 12.8. The molecule has 1 saturated heterocycles. The van der Waals surface area contributed by atoms with E-state index in [-0.39, 0.29) is 39.6 Å². The summed E-state index contributed by atoms with van der Waals surface area (Å²) in [5.74, 6) is 0.0926. The van der Waals surface area contributed by atoms with Crippen LogP contribution in [0.15, 0.2) is 35.5 Å². The zero-order chi connectivity index (χ0) is 18.0. The van der Waals surface area contributed by atoms with E-state index in [0.29, 0.717) is 6.42 Å². The molecule has 10 heteroatoms. The van der Waals surface area contributed by atoms with Gasteiger partial charge in [-0.05, 0) is 24.6 Å². The third-order valence-electron chi connectivity index (χ3n) is 3.67. The monoisotopic (exact) mass is 398 g/mol. The summed E-state index contributed by atoms with van der Waals surface area (Å²) in [6.07, 6.45) is 2.82. The number of sulfonamides is 1. The summed E-state index contributed by atoms with van der Waals surface area (Å²) in [6.45, 7) is 0.380. The van der Waals surface area contributed by atoms with Crippen LogP contribution in [-0.4, -0.2) is 41.9 Å². The number of halogens is 2. The number of nitriles is 1. The topological polar surface area (TPSA) is 96.2 Å². The van der Waals surface area contributed by atoms with Gasteiger partial charge >= 0.3 is 0 Å². The molecule has 2 aromatic rings. The van der Waals surface area contributed by atoms with E-state index < -0.39 is 16.1 Å². The van der Waals surface area contributed by atoms with Crippen LogP contribution >= 0.6 is 23.2 Å². The summed E-state index contributed by atoms with van der Waals surface area (Å²) >= 11 is 11.9. The van der Waals surface area contributed by atoms with Gasteiger partial charge in [-0.15, -0.1) is 0 Å². The lowest BCUT2D eigenvalue weighted by Crippen LogP contribution is -2.31. The van der Waals surface area contributed by atoms with Crippen molar-refractivity contribution in [2.45, 2.75) is 17.4 Å². The van der Waals surface area contributed by atoms with Crippen LogP contribution in [0.4, 0.5) is 0 Å². The van der Waals surface area contributed by atoms with Gasteiger partial charge in [0.2, 0.25) is 15.7 Å². The first-order chi connectivity index (χ1) is 11.9. The average molecular weight is 399 g/mol. The normalized spacial score (nSPS) is 18.0. The lowest BCUT2D eigenvalue weighted by atomic mass is 10.3. The molecule has 0 spiro atoms. The highest BCUT2D eigenvalue weighted by Gasteiger charge is 2.35. The Bertz CT molecular complexity index is 946. The van der Waals surface area contributed by atoms with Crippen LogP contribution in [0, 0.1) is 11.3 Å². The molecule has 7 nitrogen and oxygen atoms in total. The Kier molecular flexibility index (Phi) is 5.11. The molecule has 0 bridgehead atoms. The van der Waals surface area contributed by atoms with Gasteiger partial charge in [-0.3, -0.25) is 0 Å². The van der Waals surface area contributed by atoms with E-state index >= 15 is 0 Å². The fourth-order valence-electron chi connectivity index (χ4n) is 2.47. The largest absolute Gasteiger partial charge is 0.471 e. The third-order valence-corrected chi connectivity index (χ3v) is 6.25. The highest BCUT2D eigenvalue weighted by molar-refractivity contribution is 7.89. The van der Waals surface area contributed by atoms with Crippen LogP contribution in [0.1, 0.15) is 12.1 Å². The van der Waals surface area contributed by atoms with Crippen LogP contribution in [0.2, 0.25) is 10.0 Å². The molecule has 130 valence electrons. The van der Waals surface area contributed by atoms with E-state index in [1.165, 1.54) is 34.9 Å². The van der Waals surface area contributed by atoms with Gasteiger partial charge in [0.15, 0.2) is 0 Å². The summed E-state index contributed by atoms with van der Waals surface area (Å²) in [4.78, 5) is 7.79. The van der Waals surface area contributed by atoms with Crippen molar-refractivity contribution in [1.29, 1.82) is 5.26 Å². The quantitative estimate of drug-likeness (QED) is 0.784. The molecule has 3 rings (SSSR count). The van der Waals surface area contributed by atoms with Crippen LogP contribution < -0.4 is 4.74 Å². The van der Waals surface area contributed by atoms with E-state index in [1.54, 1.807) is 0 Å². The Morgan fingerprint density at radius 3 is 2.80 bits per heavy atom. The van der Waals surface area contributed by atoms with E-state index in [9.17, 15) is 8.42 Å². The Morgan fingerprint density at radius 1 is 1.28 bits per heavy atom. The maximum atomic E-state index is 12.8. The number of benzene rings is 1. The van der Waals surface area contributed by atoms with Gasteiger partial charge in [0, 0.05) is 24.0 Å². The summed E-state index contributed by atoms with van der Waals surface area (Å²) in [6, 6.07) is 6.18. The average Bonchev–Trinajstić information content (AvgIpc) is 3.07. The molecule has 2 heterocycles. The van der Waals surface area contributed by atoms with E-state index in [0.717, 1.165) is 0 Å². The lowest BCUT2D eigenvalue weighted by Gasteiger charge is -2.18. The molecule has 1 aliphatic heterocycles. The third kappa shape index (κ3) is 3.70. The molecule has 0 unspecified atom stereocenters. The molecular weight excluding hydrogens is 387 g/mol. The first-order valence-electron chi connectivity index (χ1n) is 7.25. The molecule has 1 aromatic heterocycles. The fourth-order valence-corrected chi connectivity index (χ4v) is 4.70. The molecule has 0 radical (unpaired) electrons. The van der Waals surface area contributed by atoms with Crippen LogP contribution in [0.25, 0.3) is 0 Å². The molecule has 1 aromatic carbocycles. The number of hydrogen-bond donors (Lipinski definition) is 0. The SMILES string of the molecule is N#Cc1nccnc1O[C@@H]1CCN(S(=O)(=O)c2cc(Cl)ccc2Cl)C1. The smallest absolute Gasteiger partial charge is 0.251 e. The predicted molar refractivity (Wildman–Crippen MR) is 91.0 cm³/mol. The van der Waals surface area contributed by atoms with E-state index in [4.69, 9.17) is 33.2 Å². The summed E-state index contributed by atoms with van der Waals surface area (Å²) in [5, 5.41) is 9.40. The summed E-state index contributed by atoms with van der Waals surface area (Å²) in [5.41, 5.74) is 0.0571. The zero-order valence-corrected chi connectivity index (χ0v) is 15.1. The van der Waals surface area contributed by atoms with Gasteiger partial charge in [0.25, 0.3) is 5.88 Å². The number of ether oxygens (including phenoxy) is 1. The number of aromatic nitrogens is 2. The Labute approximate surface area is 154 Å². The minimum Gasteiger partial charge on any atom is -0.471 e. The van der Waals surface area contributed by atoms with Gasteiger partial charge in [0.1, 0.15) is 17.1 Å². The molecule has 25 heavy (non-hydrogen) atoms. The van der Waals surface area contributed by atoms with Gasteiger partial charge < -0.3 is 4.74 Å². The van der Waals surface area contributed by atoms with Gasteiger partial charge in [0.05, 0.1) is 11.6 Å². The van der Waals surface area contributed by atoms with Crippen molar-refractivity contribution in [2.75, 3.05) is 13.1 Å². The second kappa shape index (κ2) is 7.14. The summed E-state index contributed by atoms with van der Waals surface area (Å²) in [7, 11) is -3.80. The highest BCUT2D eigenvalue weighted by atomic mass is 35.5. The maximum Gasteiger partial charge on any atom is 0.251 e. The summed E-state index contributed by atoms with van der Waals surface area (Å²) < 4.78 is 32.5. The Hall–Kier alpha value is -1.92. The standard InChI is InChI=1S/C15H12Cl2N4O3S/c16-10-1-2-12(17)14(7-10)25(22,23)21-6-3-11(9-21)24-15-13(8-18)19-4-5-20-15/h1-2,4-5,7,11H,3,6,9H2/t11-/m1/s1. The van der Waals surface area contributed by atoms with Crippen molar-refractivity contribution in [2.24, 2.45) is 0 Å². The van der Waals surface area contributed by atoms with Crippen molar-refractivity contribution in [3.63, 3.8) is 0 Å². The molecule has 0 N–H and O–H groups in total. The molecular formula is C15H12Cl2N4O3S. The van der Waals surface area contributed by atoms with Gasteiger partial charge in [-0.1, -0.05) is 23.2 Å². The number of nitrogens with zero attached hydrogens (tertiary/aromatic N) is 4. The first kappa shape index (κ1) is 17.9. The van der Waals surface area contributed by atoms with E-state index in [1.807, 2.05) is 6.07 Å². The second-order valence-electron chi connectivity index (χ2n) is 5.29.